The zero-order valence-corrected chi connectivity index (χ0v) is 17.5. The molecule has 1 aliphatic heterocycles. The molecule has 5 rings (SSSR count). The Labute approximate surface area is 183 Å². The third-order valence-electron chi connectivity index (χ3n) is 5.52. The summed E-state index contributed by atoms with van der Waals surface area (Å²) in [5.74, 6) is 0.187. The summed E-state index contributed by atoms with van der Waals surface area (Å²) in [6.07, 6.45) is 1.66. The van der Waals surface area contributed by atoms with Crippen LogP contribution in [-0.2, 0) is 0 Å². The van der Waals surface area contributed by atoms with Gasteiger partial charge in [0, 0.05) is 6.20 Å². The third-order valence-corrected chi connectivity index (χ3v) is 5.52. The smallest absolute Gasteiger partial charge is 0.296 e. The molecule has 7 nitrogen and oxygen atoms in total. The fourth-order valence-electron chi connectivity index (χ4n) is 4.05. The van der Waals surface area contributed by atoms with Gasteiger partial charge < -0.3 is 14.3 Å². The number of para-hydroxylation sites is 1. The van der Waals surface area contributed by atoms with Gasteiger partial charge in [0.05, 0.1) is 23.6 Å². The highest BCUT2D eigenvalue weighted by Crippen LogP contribution is 2.42. The predicted octanol–water partition coefficient (Wildman–Crippen LogP) is 4.35. The maximum absolute atomic E-state index is 13.5. The molecule has 0 aliphatic carbocycles. The van der Waals surface area contributed by atoms with Gasteiger partial charge in [-0.2, -0.15) is 0 Å². The van der Waals surface area contributed by atoms with Crippen LogP contribution in [0.3, 0.4) is 0 Å². The van der Waals surface area contributed by atoms with Crippen molar-refractivity contribution in [2.45, 2.75) is 19.9 Å². The van der Waals surface area contributed by atoms with Crippen LogP contribution in [0.2, 0.25) is 0 Å². The molecule has 7 heteroatoms. The highest BCUT2D eigenvalue weighted by Gasteiger charge is 2.44. The van der Waals surface area contributed by atoms with Crippen molar-refractivity contribution in [3.63, 3.8) is 0 Å². The maximum Gasteiger partial charge on any atom is 0.296 e. The molecule has 4 aromatic rings. The summed E-state index contributed by atoms with van der Waals surface area (Å²) < 4.78 is 11.5. The Kier molecular flexibility index (Phi) is 4.66. The SMILES string of the molecule is CCOc1cc([C@@H]2c3c(oc4ccccc4c3=O)C(=O)N2c2ccc(C)cn2)ccc1O. The summed E-state index contributed by atoms with van der Waals surface area (Å²) in [6, 6.07) is 14.5. The summed E-state index contributed by atoms with van der Waals surface area (Å²) >= 11 is 0. The van der Waals surface area contributed by atoms with E-state index in [-0.39, 0.29) is 28.3 Å². The Balaban J connectivity index is 1.79. The second-order valence-corrected chi connectivity index (χ2v) is 7.60. The molecule has 0 spiro atoms. The molecule has 1 N–H and O–H groups in total. The average molecular weight is 428 g/mol. The molecular formula is C25H20N2O5. The van der Waals surface area contributed by atoms with E-state index in [1.54, 1.807) is 48.7 Å². The number of phenols is 1. The third kappa shape index (κ3) is 3.01. The Morgan fingerprint density at radius 1 is 1.12 bits per heavy atom. The highest BCUT2D eigenvalue weighted by atomic mass is 16.5. The summed E-state index contributed by atoms with van der Waals surface area (Å²) in [7, 11) is 0. The second-order valence-electron chi connectivity index (χ2n) is 7.60. The lowest BCUT2D eigenvalue weighted by Crippen LogP contribution is -2.30. The van der Waals surface area contributed by atoms with Crippen molar-refractivity contribution < 1.29 is 19.1 Å². The number of rotatable bonds is 4. The zero-order chi connectivity index (χ0) is 22.4. The lowest BCUT2D eigenvalue weighted by atomic mass is 9.98. The van der Waals surface area contributed by atoms with Gasteiger partial charge in [0.25, 0.3) is 5.91 Å². The maximum atomic E-state index is 13.5. The fourth-order valence-corrected chi connectivity index (χ4v) is 4.05. The van der Waals surface area contributed by atoms with E-state index < -0.39 is 11.9 Å². The summed E-state index contributed by atoms with van der Waals surface area (Å²) in [5.41, 5.74) is 1.86. The van der Waals surface area contributed by atoms with Crippen molar-refractivity contribution in [2.75, 3.05) is 11.5 Å². The Hall–Kier alpha value is -4.13. The van der Waals surface area contributed by atoms with E-state index in [0.29, 0.717) is 29.0 Å². The first-order valence-corrected chi connectivity index (χ1v) is 10.3. The van der Waals surface area contributed by atoms with Crippen molar-refractivity contribution in [2.24, 2.45) is 0 Å². The van der Waals surface area contributed by atoms with Crippen LogP contribution in [0.1, 0.15) is 40.2 Å². The first kappa shape index (κ1) is 19.8. The van der Waals surface area contributed by atoms with Gasteiger partial charge >= 0.3 is 0 Å². The van der Waals surface area contributed by atoms with E-state index in [4.69, 9.17) is 9.15 Å². The lowest BCUT2D eigenvalue weighted by Gasteiger charge is -2.24. The lowest BCUT2D eigenvalue weighted by molar-refractivity contribution is 0.0970. The van der Waals surface area contributed by atoms with Crippen LogP contribution in [0.25, 0.3) is 11.0 Å². The number of anilines is 1. The number of nitrogens with zero attached hydrogens (tertiary/aromatic N) is 2. The van der Waals surface area contributed by atoms with Gasteiger partial charge in [0.15, 0.2) is 16.9 Å². The predicted molar refractivity (Wildman–Crippen MR) is 119 cm³/mol. The molecule has 0 fully saturated rings. The summed E-state index contributed by atoms with van der Waals surface area (Å²) in [4.78, 5) is 32.9. The van der Waals surface area contributed by atoms with Crippen LogP contribution in [0.5, 0.6) is 11.5 Å². The normalized spacial score (nSPS) is 15.2. The Bertz CT molecular complexity index is 1410. The molecule has 0 radical (unpaired) electrons. The molecule has 3 heterocycles. The quantitative estimate of drug-likeness (QED) is 0.519. The standard InChI is InChI=1S/C25H20N2O5/c1-3-31-19-12-15(9-10-17(19)28)22-21-23(29)16-6-4-5-7-18(16)32-24(21)25(30)27(22)20-11-8-14(2)13-26-20/h4-13,22,28H,3H2,1-2H3/t22-/m1/s1. The van der Waals surface area contributed by atoms with Gasteiger partial charge in [0.2, 0.25) is 5.76 Å². The van der Waals surface area contributed by atoms with E-state index in [9.17, 15) is 14.7 Å². The van der Waals surface area contributed by atoms with Crippen molar-refractivity contribution in [3.8, 4) is 11.5 Å². The number of hydrogen-bond acceptors (Lipinski definition) is 6. The Morgan fingerprint density at radius 2 is 1.94 bits per heavy atom. The topological polar surface area (TPSA) is 92.9 Å². The zero-order valence-electron chi connectivity index (χ0n) is 17.5. The first-order valence-electron chi connectivity index (χ1n) is 10.3. The molecule has 2 aromatic carbocycles. The van der Waals surface area contributed by atoms with Crippen molar-refractivity contribution >= 4 is 22.7 Å². The minimum Gasteiger partial charge on any atom is -0.504 e. The van der Waals surface area contributed by atoms with Gasteiger partial charge in [0.1, 0.15) is 11.4 Å². The van der Waals surface area contributed by atoms with Crippen LogP contribution in [0, 0.1) is 6.92 Å². The molecule has 2 aromatic heterocycles. The van der Waals surface area contributed by atoms with Crippen molar-refractivity contribution in [1.82, 2.24) is 4.98 Å². The van der Waals surface area contributed by atoms with Crippen LogP contribution in [-0.4, -0.2) is 22.6 Å². The number of carbonyl (C=O) groups is 1. The molecule has 0 saturated heterocycles. The number of hydrogen-bond donors (Lipinski definition) is 1. The van der Waals surface area contributed by atoms with E-state index in [1.165, 1.54) is 11.0 Å². The molecule has 1 aliphatic rings. The van der Waals surface area contributed by atoms with Crippen LogP contribution >= 0.6 is 0 Å². The molecule has 1 atom stereocenters. The molecule has 0 saturated carbocycles. The van der Waals surface area contributed by atoms with Gasteiger partial charge in [-0.15, -0.1) is 0 Å². The van der Waals surface area contributed by atoms with Crippen LogP contribution in [0.15, 0.2) is 70.0 Å². The molecule has 32 heavy (non-hydrogen) atoms. The molecular weight excluding hydrogens is 408 g/mol. The second kappa shape index (κ2) is 7.53. The number of aryl methyl sites for hydroxylation is 1. The van der Waals surface area contributed by atoms with Gasteiger partial charge in [-0.25, -0.2) is 4.98 Å². The monoisotopic (exact) mass is 428 g/mol. The Morgan fingerprint density at radius 3 is 2.69 bits per heavy atom. The number of phenolic OH excluding ortho intramolecular Hbond substituents is 1. The van der Waals surface area contributed by atoms with Gasteiger partial charge in [-0.1, -0.05) is 24.3 Å². The number of fused-ring (bicyclic) bond motifs is 2. The fraction of sp³-hybridized carbons (Fsp3) is 0.160. The van der Waals surface area contributed by atoms with E-state index in [2.05, 4.69) is 4.98 Å². The molecule has 0 unspecified atom stereocenters. The molecule has 1 amide bonds. The van der Waals surface area contributed by atoms with Crippen LogP contribution < -0.4 is 15.1 Å². The minimum absolute atomic E-state index is 0.00731. The van der Waals surface area contributed by atoms with E-state index in [1.807, 2.05) is 19.9 Å². The molecule has 160 valence electrons. The number of aromatic nitrogens is 1. The van der Waals surface area contributed by atoms with Gasteiger partial charge in [-0.3, -0.25) is 14.5 Å². The summed E-state index contributed by atoms with van der Waals surface area (Å²) in [5, 5.41) is 10.6. The minimum atomic E-state index is -0.784. The van der Waals surface area contributed by atoms with Crippen molar-refractivity contribution in [1.29, 1.82) is 0 Å². The largest absolute Gasteiger partial charge is 0.504 e. The highest BCUT2D eigenvalue weighted by molar-refractivity contribution is 6.10. The average Bonchev–Trinajstić information content (AvgIpc) is 3.09. The van der Waals surface area contributed by atoms with Crippen molar-refractivity contribution in [3.05, 3.63) is 93.5 Å². The first-order chi connectivity index (χ1) is 15.5. The van der Waals surface area contributed by atoms with Gasteiger partial charge in [-0.05, 0) is 55.3 Å². The van der Waals surface area contributed by atoms with E-state index in [0.717, 1.165) is 5.56 Å². The number of ether oxygens (including phenoxy) is 1. The number of benzene rings is 2. The van der Waals surface area contributed by atoms with E-state index >= 15 is 0 Å². The number of pyridine rings is 1. The number of carbonyl (C=O) groups excluding carboxylic acids is 1. The summed E-state index contributed by atoms with van der Waals surface area (Å²) in [6.45, 7) is 4.07. The van der Waals surface area contributed by atoms with Crippen LogP contribution in [0.4, 0.5) is 5.82 Å². The number of aromatic hydroxyl groups is 1. The number of amides is 1. The molecule has 0 bridgehead atoms.